The summed E-state index contributed by atoms with van der Waals surface area (Å²) in [5.74, 6) is 0. The molecular weight excluding hydrogens is 132 g/mol. The minimum atomic E-state index is -0.429. The van der Waals surface area contributed by atoms with Crippen LogP contribution in [0.1, 0.15) is 6.92 Å². The molecule has 0 aromatic heterocycles. The van der Waals surface area contributed by atoms with Gasteiger partial charge in [0.2, 0.25) is 0 Å². The summed E-state index contributed by atoms with van der Waals surface area (Å²) in [5.41, 5.74) is 5.07. The van der Waals surface area contributed by atoms with Crippen molar-refractivity contribution in [2.75, 3.05) is 20.7 Å². The third kappa shape index (κ3) is 1.68. The molecule has 3 N–H and O–H groups in total. The van der Waals surface area contributed by atoms with Gasteiger partial charge in [-0.25, -0.2) is 9.28 Å². The van der Waals surface area contributed by atoms with Crippen LogP contribution in [0.2, 0.25) is 0 Å². The van der Waals surface area contributed by atoms with Crippen LogP contribution in [-0.2, 0) is 0 Å². The standard InChI is InChI=1S/C6H14N2O2/c1-5(4-9)8(2,3)6(7)10/h5,9H,4H2,1-3H3,(H-,7,10)/p+1. The Bertz CT molecular complexity index is 134. The minimum Gasteiger partial charge on any atom is -0.390 e. The molecule has 0 aliphatic rings. The normalized spacial score (nSPS) is 14.8. The van der Waals surface area contributed by atoms with E-state index in [-0.39, 0.29) is 17.1 Å². The van der Waals surface area contributed by atoms with E-state index in [1.54, 1.807) is 21.0 Å². The summed E-state index contributed by atoms with van der Waals surface area (Å²) in [7, 11) is 3.34. The van der Waals surface area contributed by atoms with Crippen LogP contribution in [0.25, 0.3) is 0 Å². The molecular formula is C6H15N2O2+. The summed E-state index contributed by atoms with van der Waals surface area (Å²) in [4.78, 5) is 10.7. The second kappa shape index (κ2) is 2.98. The predicted molar refractivity (Wildman–Crippen MR) is 38.2 cm³/mol. The zero-order valence-corrected chi connectivity index (χ0v) is 6.66. The highest BCUT2D eigenvalue weighted by atomic mass is 16.3. The molecule has 0 aromatic carbocycles. The number of carbonyl (C=O) groups excluding carboxylic acids is 1. The third-order valence-corrected chi connectivity index (χ3v) is 1.93. The van der Waals surface area contributed by atoms with Crippen molar-refractivity contribution in [2.45, 2.75) is 13.0 Å². The van der Waals surface area contributed by atoms with Crippen LogP contribution < -0.4 is 5.73 Å². The monoisotopic (exact) mass is 147 g/mol. The van der Waals surface area contributed by atoms with E-state index in [0.717, 1.165) is 0 Å². The average Bonchev–Trinajstić information content (AvgIpc) is 1.86. The molecule has 0 saturated carbocycles. The number of hydrogen-bond acceptors (Lipinski definition) is 2. The van der Waals surface area contributed by atoms with Crippen LogP contribution in [0.4, 0.5) is 4.79 Å². The number of aliphatic hydroxyl groups is 1. The van der Waals surface area contributed by atoms with Crippen molar-refractivity contribution < 1.29 is 14.4 Å². The van der Waals surface area contributed by atoms with Crippen molar-refractivity contribution in [3.05, 3.63) is 0 Å². The highest BCUT2D eigenvalue weighted by Gasteiger charge is 2.29. The van der Waals surface area contributed by atoms with Crippen LogP contribution >= 0.6 is 0 Å². The first kappa shape index (κ1) is 9.39. The molecule has 0 rings (SSSR count). The number of amides is 2. The Morgan fingerprint density at radius 2 is 2.10 bits per heavy atom. The summed E-state index contributed by atoms with van der Waals surface area (Å²) in [6, 6.07) is -0.570. The van der Waals surface area contributed by atoms with E-state index in [9.17, 15) is 4.79 Å². The highest BCUT2D eigenvalue weighted by molar-refractivity contribution is 5.64. The summed E-state index contributed by atoms with van der Waals surface area (Å²) < 4.78 is 0.0243. The average molecular weight is 147 g/mol. The molecule has 0 radical (unpaired) electrons. The Labute approximate surface area is 60.8 Å². The van der Waals surface area contributed by atoms with Crippen LogP contribution in [0, 0.1) is 0 Å². The van der Waals surface area contributed by atoms with Crippen molar-refractivity contribution in [1.29, 1.82) is 0 Å². The van der Waals surface area contributed by atoms with Gasteiger partial charge in [-0.3, -0.25) is 0 Å². The number of likely N-dealkylation sites (N-methyl/N-ethyl adjacent to an activating group) is 1. The number of quaternary nitrogens is 1. The number of primary amides is 1. The maximum Gasteiger partial charge on any atom is 0.413 e. The zero-order valence-electron chi connectivity index (χ0n) is 6.66. The molecule has 0 heterocycles. The van der Waals surface area contributed by atoms with E-state index < -0.39 is 6.03 Å². The molecule has 1 unspecified atom stereocenters. The van der Waals surface area contributed by atoms with E-state index in [1.807, 2.05) is 0 Å². The molecule has 10 heavy (non-hydrogen) atoms. The Morgan fingerprint density at radius 3 is 2.20 bits per heavy atom. The second-order valence-electron chi connectivity index (χ2n) is 2.91. The SMILES string of the molecule is CC(CO)[N+](C)(C)C(N)=O. The van der Waals surface area contributed by atoms with Gasteiger partial charge in [0.25, 0.3) is 0 Å². The van der Waals surface area contributed by atoms with Gasteiger partial charge in [-0.1, -0.05) is 0 Å². The largest absolute Gasteiger partial charge is 0.413 e. The summed E-state index contributed by atoms with van der Waals surface area (Å²) in [6.07, 6.45) is 0. The van der Waals surface area contributed by atoms with E-state index in [1.165, 1.54) is 0 Å². The quantitative estimate of drug-likeness (QED) is 0.518. The van der Waals surface area contributed by atoms with Gasteiger partial charge in [0.1, 0.15) is 6.04 Å². The van der Waals surface area contributed by atoms with Gasteiger partial charge in [-0.2, -0.15) is 0 Å². The van der Waals surface area contributed by atoms with E-state index in [4.69, 9.17) is 10.8 Å². The highest BCUT2D eigenvalue weighted by Crippen LogP contribution is 2.03. The van der Waals surface area contributed by atoms with E-state index in [0.29, 0.717) is 0 Å². The van der Waals surface area contributed by atoms with Crippen molar-refractivity contribution in [3.8, 4) is 0 Å². The van der Waals surface area contributed by atoms with Crippen molar-refractivity contribution in [1.82, 2.24) is 0 Å². The number of urea groups is 1. The third-order valence-electron chi connectivity index (χ3n) is 1.93. The lowest BCUT2D eigenvalue weighted by Gasteiger charge is -2.29. The maximum absolute atomic E-state index is 10.7. The molecule has 4 nitrogen and oxygen atoms in total. The lowest BCUT2D eigenvalue weighted by atomic mass is 10.3. The lowest BCUT2D eigenvalue weighted by Crippen LogP contribution is -2.56. The van der Waals surface area contributed by atoms with Crippen LogP contribution in [0.3, 0.4) is 0 Å². The van der Waals surface area contributed by atoms with Gasteiger partial charge in [0, 0.05) is 0 Å². The molecule has 4 heteroatoms. The Balaban J connectivity index is 4.23. The van der Waals surface area contributed by atoms with Crippen LogP contribution in [-0.4, -0.2) is 42.4 Å². The fraction of sp³-hybridized carbons (Fsp3) is 0.833. The second-order valence-corrected chi connectivity index (χ2v) is 2.91. The van der Waals surface area contributed by atoms with Gasteiger partial charge in [0.15, 0.2) is 0 Å². The first-order valence-electron chi connectivity index (χ1n) is 3.17. The molecule has 0 aliphatic carbocycles. The Kier molecular flexibility index (Phi) is 2.80. The van der Waals surface area contributed by atoms with Crippen molar-refractivity contribution >= 4 is 6.03 Å². The Hall–Kier alpha value is -0.610. The number of rotatable bonds is 2. The molecule has 1 atom stereocenters. The first-order valence-corrected chi connectivity index (χ1v) is 3.17. The number of nitrogens with zero attached hydrogens (tertiary/aromatic N) is 1. The lowest BCUT2D eigenvalue weighted by molar-refractivity contribution is -0.833. The molecule has 0 bridgehead atoms. The molecule has 2 amide bonds. The minimum absolute atomic E-state index is 0.0243. The fourth-order valence-corrected chi connectivity index (χ4v) is 0.421. The number of hydrogen-bond donors (Lipinski definition) is 2. The maximum atomic E-state index is 10.7. The molecule has 0 aromatic rings. The molecule has 0 saturated heterocycles. The zero-order chi connectivity index (χ0) is 8.36. The molecule has 0 aliphatic heterocycles. The smallest absolute Gasteiger partial charge is 0.390 e. The van der Waals surface area contributed by atoms with Crippen molar-refractivity contribution in [3.63, 3.8) is 0 Å². The Morgan fingerprint density at radius 1 is 1.70 bits per heavy atom. The van der Waals surface area contributed by atoms with Crippen LogP contribution in [0.5, 0.6) is 0 Å². The van der Waals surface area contributed by atoms with Gasteiger partial charge >= 0.3 is 6.03 Å². The summed E-state index contributed by atoms with van der Waals surface area (Å²) >= 11 is 0. The fourth-order valence-electron chi connectivity index (χ4n) is 0.421. The van der Waals surface area contributed by atoms with E-state index in [2.05, 4.69) is 0 Å². The van der Waals surface area contributed by atoms with Gasteiger partial charge in [0.05, 0.1) is 20.7 Å². The number of carbonyl (C=O) groups is 1. The number of nitrogens with two attached hydrogens (primary N) is 1. The van der Waals surface area contributed by atoms with Crippen molar-refractivity contribution in [2.24, 2.45) is 5.73 Å². The molecule has 60 valence electrons. The van der Waals surface area contributed by atoms with E-state index >= 15 is 0 Å². The molecule has 0 fully saturated rings. The predicted octanol–water partition coefficient (Wildman–Crippen LogP) is -0.478. The van der Waals surface area contributed by atoms with Gasteiger partial charge < -0.3 is 10.8 Å². The summed E-state index contributed by atoms with van der Waals surface area (Å²) in [5, 5.41) is 8.70. The first-order chi connectivity index (χ1) is 4.42. The van der Waals surface area contributed by atoms with Gasteiger partial charge in [-0.05, 0) is 6.92 Å². The number of aliphatic hydroxyl groups excluding tert-OH is 1. The topological polar surface area (TPSA) is 63.3 Å². The van der Waals surface area contributed by atoms with Crippen LogP contribution in [0.15, 0.2) is 0 Å². The molecule has 0 spiro atoms. The summed E-state index contributed by atoms with van der Waals surface area (Å²) in [6.45, 7) is 1.74. The van der Waals surface area contributed by atoms with Gasteiger partial charge in [-0.15, -0.1) is 0 Å².